The van der Waals surface area contributed by atoms with Crippen LogP contribution in [0.1, 0.15) is 5.56 Å². The number of ether oxygens (including phenoxy) is 2. The summed E-state index contributed by atoms with van der Waals surface area (Å²) in [7, 11) is 1.73. The molecule has 1 aliphatic heterocycles. The highest BCUT2D eigenvalue weighted by Gasteiger charge is 2.27. The van der Waals surface area contributed by atoms with Gasteiger partial charge < -0.3 is 14.8 Å². The number of benzene rings is 1. The third-order valence-electron chi connectivity index (χ3n) is 2.72. The Kier molecular flexibility index (Phi) is 3.72. The third kappa shape index (κ3) is 2.78. The van der Waals surface area contributed by atoms with Gasteiger partial charge in [0, 0.05) is 20.2 Å². The van der Waals surface area contributed by atoms with E-state index in [0.717, 1.165) is 13.1 Å². The van der Waals surface area contributed by atoms with Crippen molar-refractivity contribution in [2.24, 2.45) is 0 Å². The van der Waals surface area contributed by atoms with Crippen LogP contribution in [0.15, 0.2) is 30.3 Å². The molecular weight excluding hydrogens is 190 g/mol. The van der Waals surface area contributed by atoms with E-state index in [1.54, 1.807) is 7.11 Å². The summed E-state index contributed by atoms with van der Waals surface area (Å²) in [5.74, 6) is 0. The van der Waals surface area contributed by atoms with E-state index in [1.165, 1.54) is 5.56 Å². The lowest BCUT2D eigenvalue weighted by Gasteiger charge is -2.17. The minimum atomic E-state index is 0.176. The Morgan fingerprint density at radius 2 is 1.93 bits per heavy atom. The first-order chi connectivity index (χ1) is 7.40. The monoisotopic (exact) mass is 207 g/mol. The zero-order chi connectivity index (χ0) is 10.5. The van der Waals surface area contributed by atoms with E-state index in [9.17, 15) is 0 Å². The lowest BCUT2D eigenvalue weighted by atomic mass is 10.2. The van der Waals surface area contributed by atoms with E-state index < -0.39 is 0 Å². The van der Waals surface area contributed by atoms with Gasteiger partial charge in [-0.3, -0.25) is 0 Å². The summed E-state index contributed by atoms with van der Waals surface area (Å²) in [6.45, 7) is 2.42. The second kappa shape index (κ2) is 5.26. The van der Waals surface area contributed by atoms with Gasteiger partial charge in [0.15, 0.2) is 0 Å². The molecule has 0 amide bonds. The van der Waals surface area contributed by atoms with Gasteiger partial charge in [-0.05, 0) is 5.56 Å². The van der Waals surface area contributed by atoms with Gasteiger partial charge in [0.05, 0.1) is 18.8 Å². The topological polar surface area (TPSA) is 30.5 Å². The number of nitrogens with one attached hydrogen (secondary N) is 1. The van der Waals surface area contributed by atoms with Crippen molar-refractivity contribution in [2.45, 2.75) is 18.8 Å². The van der Waals surface area contributed by atoms with Crippen LogP contribution in [0.3, 0.4) is 0 Å². The van der Waals surface area contributed by atoms with Crippen LogP contribution in [0.4, 0.5) is 0 Å². The summed E-state index contributed by atoms with van der Waals surface area (Å²) < 4.78 is 11.1. The quantitative estimate of drug-likeness (QED) is 0.804. The zero-order valence-electron chi connectivity index (χ0n) is 8.98. The Labute approximate surface area is 90.4 Å². The van der Waals surface area contributed by atoms with Crippen molar-refractivity contribution in [1.82, 2.24) is 5.32 Å². The molecule has 1 N–H and O–H groups in total. The van der Waals surface area contributed by atoms with E-state index in [4.69, 9.17) is 9.47 Å². The molecule has 0 bridgehead atoms. The third-order valence-corrected chi connectivity index (χ3v) is 2.72. The first-order valence-electron chi connectivity index (χ1n) is 5.29. The first-order valence-corrected chi connectivity index (χ1v) is 5.29. The molecule has 1 aromatic rings. The molecular formula is C12H17NO2. The molecule has 0 radical (unpaired) electrons. The van der Waals surface area contributed by atoms with E-state index in [-0.39, 0.29) is 12.2 Å². The molecule has 1 aliphatic rings. The van der Waals surface area contributed by atoms with Crippen LogP contribution in [0.5, 0.6) is 0 Å². The fraction of sp³-hybridized carbons (Fsp3) is 0.500. The SMILES string of the molecule is COC1CNCC1OCc1ccccc1. The van der Waals surface area contributed by atoms with Crippen LogP contribution >= 0.6 is 0 Å². The Balaban J connectivity index is 1.83. The summed E-state index contributed by atoms with van der Waals surface area (Å²) in [6, 6.07) is 10.2. The molecule has 1 heterocycles. The zero-order valence-corrected chi connectivity index (χ0v) is 8.98. The number of hydrogen-bond acceptors (Lipinski definition) is 3. The van der Waals surface area contributed by atoms with Gasteiger partial charge >= 0.3 is 0 Å². The molecule has 2 unspecified atom stereocenters. The van der Waals surface area contributed by atoms with Gasteiger partial charge in [0.1, 0.15) is 0 Å². The first kappa shape index (κ1) is 10.6. The molecule has 3 nitrogen and oxygen atoms in total. The molecule has 0 saturated carbocycles. The Morgan fingerprint density at radius 1 is 1.20 bits per heavy atom. The van der Waals surface area contributed by atoms with Crippen molar-refractivity contribution in [3.63, 3.8) is 0 Å². The predicted octanol–water partition coefficient (Wildman–Crippen LogP) is 1.19. The highest BCUT2D eigenvalue weighted by atomic mass is 16.5. The van der Waals surface area contributed by atoms with Crippen LogP contribution in [0, 0.1) is 0 Å². The number of rotatable bonds is 4. The standard InChI is InChI=1S/C12H17NO2/c1-14-11-7-13-8-12(11)15-9-10-5-3-2-4-6-10/h2-6,11-13H,7-9H2,1H3. The second-order valence-corrected chi connectivity index (χ2v) is 3.77. The lowest BCUT2D eigenvalue weighted by Crippen LogP contribution is -2.28. The lowest BCUT2D eigenvalue weighted by molar-refractivity contribution is -0.0356. The van der Waals surface area contributed by atoms with E-state index >= 15 is 0 Å². The average Bonchev–Trinajstić information content (AvgIpc) is 2.75. The van der Waals surface area contributed by atoms with Crippen LogP contribution in [-0.2, 0) is 16.1 Å². The number of methoxy groups -OCH3 is 1. The van der Waals surface area contributed by atoms with Crippen LogP contribution in [0.25, 0.3) is 0 Å². The van der Waals surface area contributed by atoms with Gasteiger partial charge in [-0.2, -0.15) is 0 Å². The molecule has 0 aromatic heterocycles. The molecule has 2 rings (SSSR count). The molecule has 15 heavy (non-hydrogen) atoms. The normalized spacial score (nSPS) is 25.7. The van der Waals surface area contributed by atoms with Gasteiger partial charge in [0.2, 0.25) is 0 Å². The molecule has 1 fully saturated rings. The Hall–Kier alpha value is -0.900. The maximum Gasteiger partial charge on any atom is 0.0977 e. The van der Waals surface area contributed by atoms with E-state index in [0.29, 0.717) is 6.61 Å². The molecule has 3 heteroatoms. The summed E-state index contributed by atoms with van der Waals surface area (Å²) in [6.07, 6.45) is 0.365. The minimum Gasteiger partial charge on any atom is -0.377 e. The average molecular weight is 207 g/mol. The highest BCUT2D eigenvalue weighted by Crippen LogP contribution is 2.11. The van der Waals surface area contributed by atoms with Gasteiger partial charge in [-0.1, -0.05) is 30.3 Å². The smallest absolute Gasteiger partial charge is 0.0977 e. The summed E-state index contributed by atoms with van der Waals surface area (Å²) in [5.41, 5.74) is 1.21. The maximum atomic E-state index is 5.80. The van der Waals surface area contributed by atoms with Crippen LogP contribution < -0.4 is 5.32 Å². The van der Waals surface area contributed by atoms with Crippen molar-refractivity contribution in [3.05, 3.63) is 35.9 Å². The molecule has 2 atom stereocenters. The van der Waals surface area contributed by atoms with Gasteiger partial charge in [-0.25, -0.2) is 0 Å². The maximum absolute atomic E-state index is 5.80. The van der Waals surface area contributed by atoms with Crippen LogP contribution in [0.2, 0.25) is 0 Å². The fourth-order valence-corrected chi connectivity index (χ4v) is 1.81. The van der Waals surface area contributed by atoms with Crippen LogP contribution in [-0.4, -0.2) is 32.4 Å². The molecule has 1 aromatic carbocycles. The van der Waals surface area contributed by atoms with E-state index in [2.05, 4.69) is 17.4 Å². The molecule has 0 spiro atoms. The van der Waals surface area contributed by atoms with Gasteiger partial charge in [-0.15, -0.1) is 0 Å². The Morgan fingerprint density at radius 3 is 2.67 bits per heavy atom. The minimum absolute atomic E-state index is 0.176. The van der Waals surface area contributed by atoms with Crippen molar-refractivity contribution in [3.8, 4) is 0 Å². The summed E-state index contributed by atoms with van der Waals surface area (Å²) >= 11 is 0. The Bertz CT molecular complexity index is 289. The fourth-order valence-electron chi connectivity index (χ4n) is 1.81. The second-order valence-electron chi connectivity index (χ2n) is 3.77. The van der Waals surface area contributed by atoms with Crippen molar-refractivity contribution >= 4 is 0 Å². The number of hydrogen-bond donors (Lipinski definition) is 1. The summed E-state index contributed by atoms with van der Waals surface area (Å²) in [5, 5.41) is 3.26. The largest absolute Gasteiger partial charge is 0.377 e. The van der Waals surface area contributed by atoms with Crippen molar-refractivity contribution in [1.29, 1.82) is 0 Å². The molecule has 82 valence electrons. The highest BCUT2D eigenvalue weighted by molar-refractivity contribution is 5.13. The van der Waals surface area contributed by atoms with Crippen molar-refractivity contribution in [2.75, 3.05) is 20.2 Å². The molecule has 1 saturated heterocycles. The predicted molar refractivity (Wildman–Crippen MR) is 58.7 cm³/mol. The molecule has 0 aliphatic carbocycles. The van der Waals surface area contributed by atoms with Gasteiger partial charge in [0.25, 0.3) is 0 Å². The van der Waals surface area contributed by atoms with Crippen molar-refractivity contribution < 1.29 is 9.47 Å². The summed E-state index contributed by atoms with van der Waals surface area (Å²) in [4.78, 5) is 0. The van der Waals surface area contributed by atoms with E-state index in [1.807, 2.05) is 18.2 Å².